The molecule has 0 spiro atoms. The molecule has 2 heteroatoms. The zero-order valence-corrected chi connectivity index (χ0v) is 9.26. The van der Waals surface area contributed by atoms with Crippen LogP contribution in [-0.4, -0.2) is 5.25 Å². The summed E-state index contributed by atoms with van der Waals surface area (Å²) >= 11 is 1.67. The molecule has 0 N–H and O–H groups in total. The minimum Gasteiger partial charge on any atom is -0.197 e. The van der Waals surface area contributed by atoms with E-state index in [1.54, 1.807) is 11.8 Å². The number of benzene rings is 1. The van der Waals surface area contributed by atoms with Crippen LogP contribution in [0.25, 0.3) is 0 Å². The Morgan fingerprint density at radius 2 is 2.07 bits per heavy atom. The predicted molar refractivity (Wildman–Crippen MR) is 61.2 cm³/mol. The molecule has 1 aromatic rings. The second-order valence-electron chi connectivity index (χ2n) is 3.19. The van der Waals surface area contributed by atoms with Gasteiger partial charge in [0.05, 0.1) is 11.3 Å². The Bertz CT molecular complexity index is 289. The van der Waals surface area contributed by atoms with Gasteiger partial charge in [-0.1, -0.05) is 38.0 Å². The highest BCUT2D eigenvalue weighted by molar-refractivity contribution is 8.00. The van der Waals surface area contributed by atoms with Crippen molar-refractivity contribution in [2.45, 2.75) is 36.3 Å². The monoisotopic (exact) mass is 205 g/mol. The Hall–Kier alpha value is -0.940. The van der Waals surface area contributed by atoms with E-state index in [4.69, 9.17) is 5.26 Å². The van der Waals surface area contributed by atoms with Crippen LogP contribution < -0.4 is 0 Å². The fourth-order valence-electron chi connectivity index (χ4n) is 1.20. The van der Waals surface area contributed by atoms with Crippen molar-refractivity contribution < 1.29 is 0 Å². The summed E-state index contributed by atoms with van der Waals surface area (Å²) in [4.78, 5) is 1.19. The zero-order chi connectivity index (χ0) is 10.2. The lowest BCUT2D eigenvalue weighted by molar-refractivity contribution is 0.742. The van der Waals surface area contributed by atoms with Crippen molar-refractivity contribution in [3.63, 3.8) is 0 Å². The fraction of sp³-hybridized carbons (Fsp3) is 0.417. The molecule has 0 aliphatic carbocycles. The first-order chi connectivity index (χ1) is 6.86. The van der Waals surface area contributed by atoms with Gasteiger partial charge < -0.3 is 0 Å². The van der Waals surface area contributed by atoms with Crippen LogP contribution in [0.2, 0.25) is 0 Å². The highest BCUT2D eigenvalue weighted by Gasteiger charge is 2.07. The molecule has 0 bridgehead atoms. The number of hydrogen-bond donors (Lipinski definition) is 0. The fourth-order valence-corrected chi connectivity index (χ4v) is 2.18. The third kappa shape index (κ3) is 3.85. The van der Waals surface area contributed by atoms with Gasteiger partial charge in [-0.2, -0.15) is 5.26 Å². The number of nitrogens with zero attached hydrogens (tertiary/aromatic N) is 1. The van der Waals surface area contributed by atoms with Crippen LogP contribution in [0.4, 0.5) is 0 Å². The van der Waals surface area contributed by atoms with Crippen LogP contribution in [0.3, 0.4) is 0 Å². The van der Waals surface area contributed by atoms with Crippen molar-refractivity contribution in [3.05, 3.63) is 30.3 Å². The molecular formula is C12H15NS. The number of unbranched alkanes of at least 4 members (excludes halogenated alkanes) is 1. The molecule has 0 saturated heterocycles. The summed E-state index contributed by atoms with van der Waals surface area (Å²) in [5.74, 6) is 0. The summed E-state index contributed by atoms with van der Waals surface area (Å²) in [6, 6.07) is 12.5. The maximum atomic E-state index is 8.94. The lowest BCUT2D eigenvalue weighted by Gasteiger charge is -2.07. The Morgan fingerprint density at radius 3 is 2.64 bits per heavy atom. The summed E-state index contributed by atoms with van der Waals surface area (Å²) in [5.41, 5.74) is 0. The number of nitriles is 1. The zero-order valence-electron chi connectivity index (χ0n) is 8.44. The van der Waals surface area contributed by atoms with E-state index in [1.165, 1.54) is 4.90 Å². The summed E-state index contributed by atoms with van der Waals surface area (Å²) in [6.45, 7) is 2.15. The van der Waals surface area contributed by atoms with E-state index in [1.807, 2.05) is 18.2 Å². The Balaban J connectivity index is 2.46. The third-order valence-corrected chi connectivity index (χ3v) is 3.16. The highest BCUT2D eigenvalue weighted by Crippen LogP contribution is 2.25. The topological polar surface area (TPSA) is 23.8 Å². The van der Waals surface area contributed by atoms with Gasteiger partial charge in [-0.25, -0.2) is 0 Å². The molecule has 1 aromatic carbocycles. The van der Waals surface area contributed by atoms with Crippen LogP contribution in [0.5, 0.6) is 0 Å². The van der Waals surface area contributed by atoms with Gasteiger partial charge in [0.15, 0.2) is 0 Å². The second-order valence-corrected chi connectivity index (χ2v) is 4.47. The van der Waals surface area contributed by atoms with E-state index >= 15 is 0 Å². The minimum atomic E-state index is 0.109. The molecule has 0 aliphatic rings. The molecule has 1 nitrogen and oxygen atoms in total. The van der Waals surface area contributed by atoms with Crippen molar-refractivity contribution in [3.8, 4) is 6.07 Å². The number of hydrogen-bond acceptors (Lipinski definition) is 2. The smallest absolute Gasteiger partial charge is 0.0963 e. The predicted octanol–water partition coefficient (Wildman–Crippen LogP) is 3.86. The standard InChI is InChI=1S/C12H15NS/c1-2-3-7-12(10-13)14-11-8-5-4-6-9-11/h4-6,8-9,12H,2-3,7H2,1H3. The Labute approximate surface area is 90.1 Å². The van der Waals surface area contributed by atoms with Gasteiger partial charge in [0.2, 0.25) is 0 Å². The molecule has 0 radical (unpaired) electrons. The van der Waals surface area contributed by atoms with Crippen LogP contribution in [-0.2, 0) is 0 Å². The van der Waals surface area contributed by atoms with E-state index in [2.05, 4.69) is 25.1 Å². The van der Waals surface area contributed by atoms with Crippen molar-refractivity contribution in [1.82, 2.24) is 0 Å². The van der Waals surface area contributed by atoms with Crippen LogP contribution in [0, 0.1) is 11.3 Å². The lowest BCUT2D eigenvalue weighted by Crippen LogP contribution is -1.97. The molecule has 0 aromatic heterocycles. The van der Waals surface area contributed by atoms with Gasteiger partial charge in [0.25, 0.3) is 0 Å². The van der Waals surface area contributed by atoms with Gasteiger partial charge in [0, 0.05) is 4.90 Å². The molecule has 14 heavy (non-hydrogen) atoms. The minimum absolute atomic E-state index is 0.109. The summed E-state index contributed by atoms with van der Waals surface area (Å²) in [6.07, 6.45) is 3.29. The molecule has 1 unspecified atom stereocenters. The van der Waals surface area contributed by atoms with Crippen molar-refractivity contribution in [2.75, 3.05) is 0 Å². The van der Waals surface area contributed by atoms with Crippen LogP contribution in [0.1, 0.15) is 26.2 Å². The van der Waals surface area contributed by atoms with Gasteiger partial charge in [-0.05, 0) is 18.6 Å². The molecular weight excluding hydrogens is 190 g/mol. The second kappa shape index (κ2) is 6.50. The molecule has 0 fully saturated rings. The van der Waals surface area contributed by atoms with E-state index in [9.17, 15) is 0 Å². The van der Waals surface area contributed by atoms with E-state index in [0.29, 0.717) is 0 Å². The summed E-state index contributed by atoms with van der Waals surface area (Å²) in [7, 11) is 0. The maximum Gasteiger partial charge on any atom is 0.0963 e. The van der Waals surface area contributed by atoms with E-state index in [-0.39, 0.29) is 5.25 Å². The van der Waals surface area contributed by atoms with Crippen molar-refractivity contribution >= 4 is 11.8 Å². The highest BCUT2D eigenvalue weighted by atomic mass is 32.2. The van der Waals surface area contributed by atoms with Gasteiger partial charge in [0.1, 0.15) is 0 Å². The van der Waals surface area contributed by atoms with Crippen molar-refractivity contribution in [2.24, 2.45) is 0 Å². The van der Waals surface area contributed by atoms with E-state index < -0.39 is 0 Å². The average molecular weight is 205 g/mol. The summed E-state index contributed by atoms with van der Waals surface area (Å²) < 4.78 is 0. The van der Waals surface area contributed by atoms with E-state index in [0.717, 1.165) is 19.3 Å². The maximum absolute atomic E-state index is 8.94. The Morgan fingerprint density at radius 1 is 1.36 bits per heavy atom. The van der Waals surface area contributed by atoms with Gasteiger partial charge in [-0.3, -0.25) is 0 Å². The lowest BCUT2D eigenvalue weighted by atomic mass is 10.2. The SMILES string of the molecule is CCCCC(C#N)Sc1ccccc1. The van der Waals surface area contributed by atoms with Crippen LogP contribution >= 0.6 is 11.8 Å². The van der Waals surface area contributed by atoms with Gasteiger partial charge >= 0.3 is 0 Å². The van der Waals surface area contributed by atoms with Gasteiger partial charge in [-0.15, -0.1) is 11.8 Å². The molecule has 0 saturated carbocycles. The first kappa shape index (κ1) is 11.1. The number of rotatable bonds is 5. The molecule has 1 rings (SSSR count). The van der Waals surface area contributed by atoms with Crippen molar-refractivity contribution in [1.29, 1.82) is 5.26 Å². The molecule has 0 amide bonds. The molecule has 0 aliphatic heterocycles. The largest absolute Gasteiger partial charge is 0.197 e. The summed E-state index contributed by atoms with van der Waals surface area (Å²) in [5, 5.41) is 9.05. The Kier molecular flexibility index (Phi) is 5.17. The van der Waals surface area contributed by atoms with Crippen LogP contribution in [0.15, 0.2) is 35.2 Å². The quantitative estimate of drug-likeness (QED) is 0.681. The number of thioether (sulfide) groups is 1. The molecule has 1 atom stereocenters. The normalized spacial score (nSPS) is 12.0. The molecule has 74 valence electrons. The average Bonchev–Trinajstić information content (AvgIpc) is 2.25. The third-order valence-electron chi connectivity index (χ3n) is 1.99. The first-order valence-corrected chi connectivity index (χ1v) is 5.86. The molecule has 0 heterocycles. The first-order valence-electron chi connectivity index (χ1n) is 4.98.